The van der Waals surface area contributed by atoms with Crippen molar-refractivity contribution in [2.24, 2.45) is 0 Å². The molecule has 1 N–H and O–H groups in total. The minimum atomic E-state index is -0.298. The Hall–Kier alpha value is -1.79. The summed E-state index contributed by atoms with van der Waals surface area (Å²) in [6.45, 7) is 5.77. The van der Waals surface area contributed by atoms with Crippen LogP contribution in [-0.4, -0.2) is 50.2 Å². The summed E-state index contributed by atoms with van der Waals surface area (Å²) in [4.78, 5) is 16.9. The normalized spacial score (nSPS) is 15.5. The molecule has 1 aliphatic heterocycles. The summed E-state index contributed by atoms with van der Waals surface area (Å²) in [5.41, 5.74) is 2.94. The van der Waals surface area contributed by atoms with Crippen molar-refractivity contribution in [2.45, 2.75) is 19.5 Å². The van der Waals surface area contributed by atoms with E-state index in [9.17, 15) is 4.79 Å². The van der Waals surface area contributed by atoms with Gasteiger partial charge < -0.3 is 15.0 Å². The molecule has 1 atom stereocenters. The SMILES string of the molecule is C[C@H](C(=O)Nc1ccc(N2CCOCC2)cc1)N(C)Cc1ccc(Cl)c(Cl)c1. The van der Waals surface area contributed by atoms with E-state index in [1.807, 2.05) is 55.3 Å². The number of ether oxygens (including phenoxy) is 1. The molecule has 7 heteroatoms. The molecule has 0 saturated carbocycles. The van der Waals surface area contributed by atoms with E-state index in [0.29, 0.717) is 16.6 Å². The van der Waals surface area contributed by atoms with E-state index in [2.05, 4.69) is 10.2 Å². The van der Waals surface area contributed by atoms with E-state index >= 15 is 0 Å². The predicted molar refractivity (Wildman–Crippen MR) is 115 cm³/mol. The van der Waals surface area contributed by atoms with E-state index in [0.717, 1.165) is 43.2 Å². The highest BCUT2D eigenvalue weighted by Gasteiger charge is 2.19. The Balaban J connectivity index is 1.56. The van der Waals surface area contributed by atoms with Crippen LogP contribution in [0.2, 0.25) is 10.0 Å². The summed E-state index contributed by atoms with van der Waals surface area (Å²) in [6.07, 6.45) is 0. The maximum absolute atomic E-state index is 12.6. The lowest BCUT2D eigenvalue weighted by Crippen LogP contribution is -2.39. The minimum Gasteiger partial charge on any atom is -0.378 e. The molecule has 0 aliphatic carbocycles. The standard InChI is InChI=1S/C21H25Cl2N3O2/c1-15(25(2)14-16-3-8-19(22)20(23)13-16)21(27)24-17-4-6-18(7-5-17)26-9-11-28-12-10-26/h3-8,13,15H,9-12,14H2,1-2H3,(H,24,27)/t15-/m1/s1. The van der Waals surface area contributed by atoms with Crippen molar-refractivity contribution in [1.82, 2.24) is 4.90 Å². The van der Waals surface area contributed by atoms with Gasteiger partial charge in [-0.1, -0.05) is 29.3 Å². The summed E-state index contributed by atoms with van der Waals surface area (Å²) in [5, 5.41) is 4.03. The van der Waals surface area contributed by atoms with Gasteiger partial charge in [0.1, 0.15) is 0 Å². The van der Waals surface area contributed by atoms with Crippen LogP contribution >= 0.6 is 23.2 Å². The van der Waals surface area contributed by atoms with Crippen LogP contribution in [0.15, 0.2) is 42.5 Å². The van der Waals surface area contributed by atoms with Gasteiger partial charge in [0.05, 0.1) is 29.3 Å². The van der Waals surface area contributed by atoms with E-state index in [1.165, 1.54) is 0 Å². The first-order valence-corrected chi connectivity index (χ1v) is 10.1. The molecule has 5 nitrogen and oxygen atoms in total. The van der Waals surface area contributed by atoms with Gasteiger partial charge in [0.15, 0.2) is 0 Å². The van der Waals surface area contributed by atoms with Gasteiger partial charge in [0, 0.05) is 31.0 Å². The molecule has 0 spiro atoms. The van der Waals surface area contributed by atoms with Crippen LogP contribution in [0.3, 0.4) is 0 Å². The fraction of sp³-hybridized carbons (Fsp3) is 0.381. The maximum atomic E-state index is 12.6. The number of carbonyl (C=O) groups is 1. The lowest BCUT2D eigenvalue weighted by atomic mass is 10.2. The third-order valence-electron chi connectivity index (χ3n) is 4.97. The zero-order chi connectivity index (χ0) is 20.1. The molecule has 0 bridgehead atoms. The lowest BCUT2D eigenvalue weighted by Gasteiger charge is -2.29. The second-order valence-corrected chi connectivity index (χ2v) is 7.79. The maximum Gasteiger partial charge on any atom is 0.241 e. The number of hydrogen-bond donors (Lipinski definition) is 1. The summed E-state index contributed by atoms with van der Waals surface area (Å²) in [6, 6.07) is 13.2. The number of halogens is 2. The predicted octanol–water partition coefficient (Wildman–Crippen LogP) is 4.29. The molecule has 1 heterocycles. The smallest absolute Gasteiger partial charge is 0.241 e. The molecule has 1 fully saturated rings. The second-order valence-electron chi connectivity index (χ2n) is 6.98. The molecule has 0 unspecified atom stereocenters. The van der Waals surface area contributed by atoms with E-state index < -0.39 is 0 Å². The van der Waals surface area contributed by atoms with Crippen molar-refractivity contribution < 1.29 is 9.53 Å². The number of benzene rings is 2. The summed E-state index contributed by atoms with van der Waals surface area (Å²) in [5.74, 6) is -0.0540. The second kappa shape index (κ2) is 9.61. The third kappa shape index (κ3) is 5.39. The average Bonchev–Trinajstić information content (AvgIpc) is 2.71. The number of rotatable bonds is 6. The highest BCUT2D eigenvalue weighted by Crippen LogP contribution is 2.24. The summed E-state index contributed by atoms with van der Waals surface area (Å²) in [7, 11) is 1.91. The van der Waals surface area contributed by atoms with Crippen molar-refractivity contribution in [3.63, 3.8) is 0 Å². The zero-order valence-corrected chi connectivity index (χ0v) is 17.6. The fourth-order valence-electron chi connectivity index (χ4n) is 3.09. The van der Waals surface area contributed by atoms with Crippen molar-refractivity contribution in [1.29, 1.82) is 0 Å². The van der Waals surface area contributed by atoms with Gasteiger partial charge in [-0.2, -0.15) is 0 Å². The highest BCUT2D eigenvalue weighted by molar-refractivity contribution is 6.42. The largest absolute Gasteiger partial charge is 0.378 e. The lowest BCUT2D eigenvalue weighted by molar-refractivity contribution is -0.120. The van der Waals surface area contributed by atoms with Gasteiger partial charge in [-0.05, 0) is 55.9 Å². The first-order valence-electron chi connectivity index (χ1n) is 9.32. The van der Waals surface area contributed by atoms with Crippen LogP contribution in [-0.2, 0) is 16.1 Å². The van der Waals surface area contributed by atoms with E-state index in [-0.39, 0.29) is 11.9 Å². The van der Waals surface area contributed by atoms with Gasteiger partial charge in [-0.15, -0.1) is 0 Å². The number of nitrogens with one attached hydrogen (secondary N) is 1. The average molecular weight is 422 g/mol. The number of morpholine rings is 1. The van der Waals surface area contributed by atoms with Crippen LogP contribution in [0, 0.1) is 0 Å². The molecular weight excluding hydrogens is 397 g/mol. The zero-order valence-electron chi connectivity index (χ0n) is 16.1. The number of carbonyl (C=O) groups excluding carboxylic acids is 1. The monoisotopic (exact) mass is 421 g/mol. The Morgan fingerprint density at radius 1 is 1.14 bits per heavy atom. The van der Waals surface area contributed by atoms with Gasteiger partial charge in [-0.25, -0.2) is 0 Å². The van der Waals surface area contributed by atoms with Crippen LogP contribution in [0.5, 0.6) is 0 Å². The van der Waals surface area contributed by atoms with Crippen molar-refractivity contribution in [3.8, 4) is 0 Å². The fourth-order valence-corrected chi connectivity index (χ4v) is 3.41. The third-order valence-corrected chi connectivity index (χ3v) is 5.71. The van der Waals surface area contributed by atoms with Gasteiger partial charge >= 0.3 is 0 Å². The number of anilines is 2. The number of likely N-dealkylation sites (N-methyl/N-ethyl adjacent to an activating group) is 1. The molecule has 1 amide bonds. The van der Waals surface area contributed by atoms with Crippen LogP contribution in [0.25, 0.3) is 0 Å². The molecule has 2 aromatic rings. The van der Waals surface area contributed by atoms with Crippen molar-refractivity contribution in [3.05, 3.63) is 58.1 Å². The number of nitrogens with zero attached hydrogens (tertiary/aromatic N) is 2. The van der Waals surface area contributed by atoms with Gasteiger partial charge in [0.25, 0.3) is 0 Å². The topological polar surface area (TPSA) is 44.8 Å². The first kappa shape index (κ1) is 20.9. The first-order chi connectivity index (χ1) is 13.4. The Labute approximate surface area is 176 Å². The van der Waals surface area contributed by atoms with Gasteiger partial charge in [-0.3, -0.25) is 9.69 Å². The molecule has 28 heavy (non-hydrogen) atoms. The molecule has 1 saturated heterocycles. The molecule has 1 aliphatic rings. The Morgan fingerprint density at radius 3 is 2.46 bits per heavy atom. The Morgan fingerprint density at radius 2 is 1.82 bits per heavy atom. The molecule has 0 aromatic heterocycles. The quantitative estimate of drug-likeness (QED) is 0.755. The van der Waals surface area contributed by atoms with Crippen LogP contribution in [0.4, 0.5) is 11.4 Å². The molecule has 3 rings (SSSR count). The van der Waals surface area contributed by atoms with E-state index in [1.54, 1.807) is 6.07 Å². The molecule has 2 aromatic carbocycles. The van der Waals surface area contributed by atoms with Crippen LogP contribution in [0.1, 0.15) is 12.5 Å². The minimum absolute atomic E-state index is 0.0540. The molecule has 150 valence electrons. The molecular formula is C21H25Cl2N3O2. The Bertz CT molecular complexity index is 808. The Kier molecular flexibility index (Phi) is 7.18. The number of hydrogen-bond acceptors (Lipinski definition) is 4. The van der Waals surface area contributed by atoms with Crippen molar-refractivity contribution in [2.75, 3.05) is 43.6 Å². The number of amides is 1. The highest BCUT2D eigenvalue weighted by atomic mass is 35.5. The van der Waals surface area contributed by atoms with Gasteiger partial charge in [0.2, 0.25) is 5.91 Å². The summed E-state index contributed by atoms with van der Waals surface area (Å²) < 4.78 is 5.38. The van der Waals surface area contributed by atoms with E-state index in [4.69, 9.17) is 27.9 Å². The summed E-state index contributed by atoms with van der Waals surface area (Å²) >= 11 is 12.0. The molecule has 0 radical (unpaired) electrons. The van der Waals surface area contributed by atoms with Crippen LogP contribution < -0.4 is 10.2 Å². The van der Waals surface area contributed by atoms with Crippen molar-refractivity contribution >= 4 is 40.5 Å².